The minimum atomic E-state index is -1.26. The predicted molar refractivity (Wildman–Crippen MR) is 172 cm³/mol. The third-order valence-electron chi connectivity index (χ3n) is 10.0. The summed E-state index contributed by atoms with van der Waals surface area (Å²) < 4.78 is 7.15. The van der Waals surface area contributed by atoms with Gasteiger partial charge in [-0.2, -0.15) is 0 Å². The first-order chi connectivity index (χ1) is 20.8. The van der Waals surface area contributed by atoms with Crippen LogP contribution in [0.4, 0.5) is 5.69 Å². The minimum Gasteiger partial charge on any atom is -0.396 e. The predicted octanol–water partition coefficient (Wildman–Crippen LogP) is 5.12. The number of anilines is 1. The zero-order valence-corrected chi connectivity index (χ0v) is 27.4. The van der Waals surface area contributed by atoms with Gasteiger partial charge in [0.25, 0.3) is 0 Å². The number of para-hydroxylation sites is 1. The van der Waals surface area contributed by atoms with Crippen molar-refractivity contribution in [2.45, 2.75) is 103 Å². The summed E-state index contributed by atoms with van der Waals surface area (Å²) in [5, 5.41) is 9.26. The Hall–Kier alpha value is -2.97. The van der Waals surface area contributed by atoms with Crippen molar-refractivity contribution in [3.8, 4) is 0 Å². The van der Waals surface area contributed by atoms with Crippen LogP contribution in [0.15, 0.2) is 54.6 Å². The van der Waals surface area contributed by atoms with Crippen LogP contribution in [-0.4, -0.2) is 81.7 Å². The highest BCUT2D eigenvalue weighted by Crippen LogP contribution is 2.59. The number of rotatable bonds is 10. The second-order valence-electron chi connectivity index (χ2n) is 14.9. The fourth-order valence-electron chi connectivity index (χ4n) is 8.53. The summed E-state index contributed by atoms with van der Waals surface area (Å²) >= 11 is 0. The zero-order valence-electron chi connectivity index (χ0n) is 27.4. The van der Waals surface area contributed by atoms with Gasteiger partial charge in [0.05, 0.1) is 17.4 Å². The molecule has 4 aliphatic heterocycles. The molecule has 2 fully saturated rings. The quantitative estimate of drug-likeness (QED) is 0.296. The summed E-state index contributed by atoms with van der Waals surface area (Å²) in [6.07, 6.45) is 12.3. The maximum absolute atomic E-state index is 14.9. The van der Waals surface area contributed by atoms with Crippen molar-refractivity contribution in [3.05, 3.63) is 54.6 Å². The molecule has 5 rings (SSSR count). The number of amides is 3. The molecular formula is C36H51N3O5. The van der Waals surface area contributed by atoms with Crippen LogP contribution >= 0.6 is 0 Å². The van der Waals surface area contributed by atoms with Crippen LogP contribution in [0.25, 0.3) is 0 Å². The van der Waals surface area contributed by atoms with E-state index in [0.29, 0.717) is 38.9 Å². The average Bonchev–Trinajstić information content (AvgIpc) is 3.23. The van der Waals surface area contributed by atoms with Gasteiger partial charge in [0.1, 0.15) is 11.6 Å². The highest BCUT2D eigenvalue weighted by Gasteiger charge is 2.75. The lowest BCUT2D eigenvalue weighted by Crippen LogP contribution is -2.60. The van der Waals surface area contributed by atoms with Gasteiger partial charge in [-0.25, -0.2) is 0 Å². The molecule has 8 heteroatoms. The Labute approximate surface area is 263 Å². The van der Waals surface area contributed by atoms with Gasteiger partial charge in [0, 0.05) is 37.5 Å². The number of ether oxygens (including phenoxy) is 1. The van der Waals surface area contributed by atoms with Crippen LogP contribution in [0.1, 0.15) is 80.1 Å². The fourth-order valence-corrected chi connectivity index (χ4v) is 8.53. The second kappa shape index (κ2) is 12.1. The van der Waals surface area contributed by atoms with Crippen molar-refractivity contribution < 1.29 is 24.2 Å². The zero-order chi connectivity index (χ0) is 31.9. The highest BCUT2D eigenvalue weighted by atomic mass is 16.5. The Bertz CT molecular complexity index is 1300. The smallest absolute Gasteiger partial charge is 0.249 e. The summed E-state index contributed by atoms with van der Waals surface area (Å²) in [7, 11) is 0. The van der Waals surface area contributed by atoms with Crippen LogP contribution < -0.4 is 4.90 Å². The van der Waals surface area contributed by atoms with E-state index in [-0.39, 0.29) is 29.7 Å². The normalized spacial score (nSPS) is 30.4. The van der Waals surface area contributed by atoms with Gasteiger partial charge in [-0.15, -0.1) is 0 Å². The molecular weight excluding hydrogens is 554 g/mol. The van der Waals surface area contributed by atoms with Gasteiger partial charge in [-0.1, -0.05) is 83.0 Å². The maximum atomic E-state index is 14.9. The van der Waals surface area contributed by atoms with Gasteiger partial charge in [0.15, 0.2) is 0 Å². The summed E-state index contributed by atoms with van der Waals surface area (Å²) in [6, 6.07) is 8.71. The maximum Gasteiger partial charge on any atom is 0.249 e. The van der Waals surface area contributed by atoms with Crippen molar-refractivity contribution in [2.24, 2.45) is 17.3 Å². The number of unbranched alkanes of at least 4 members (excludes halogenated alkanes) is 3. The third kappa shape index (κ3) is 5.53. The number of fused-ring (bicyclic) bond motifs is 2. The molecule has 1 aromatic rings. The summed E-state index contributed by atoms with van der Waals surface area (Å²) in [5.74, 6) is -2.03. The van der Waals surface area contributed by atoms with E-state index < -0.39 is 34.6 Å². The molecule has 1 spiro atoms. The summed E-state index contributed by atoms with van der Waals surface area (Å²) in [5.41, 5.74) is -1.97. The van der Waals surface area contributed by atoms with Crippen molar-refractivity contribution in [1.82, 2.24) is 9.80 Å². The summed E-state index contributed by atoms with van der Waals surface area (Å²) in [6.45, 7) is 14.1. The summed E-state index contributed by atoms with van der Waals surface area (Å²) in [4.78, 5) is 49.7. The molecule has 1 unspecified atom stereocenters. The van der Waals surface area contributed by atoms with Gasteiger partial charge >= 0.3 is 0 Å². The van der Waals surface area contributed by atoms with Gasteiger partial charge < -0.3 is 24.5 Å². The van der Waals surface area contributed by atoms with E-state index in [1.807, 2.05) is 66.5 Å². The molecule has 4 heterocycles. The Kier molecular flexibility index (Phi) is 8.91. The highest BCUT2D eigenvalue weighted by molar-refractivity contribution is 6.04. The number of carbonyl (C=O) groups excluding carboxylic acids is 3. The SMILES string of the molecule is CC[C@@]12C=CCN(c3ccccc3)C(=O)[C@@H]1[C@H]1C(=O)N(CCCCCCO)C3C(=O)N(C(C)(C)CC(C)(C)C)CC=C[C@@]31O2. The molecule has 1 N–H and O–H groups in total. The molecule has 3 amide bonds. The molecule has 8 nitrogen and oxygen atoms in total. The molecule has 2 saturated heterocycles. The van der Waals surface area contributed by atoms with E-state index in [2.05, 4.69) is 34.6 Å². The van der Waals surface area contributed by atoms with Crippen LogP contribution in [0, 0.1) is 17.3 Å². The van der Waals surface area contributed by atoms with Gasteiger partial charge in [-0.3, -0.25) is 14.4 Å². The first kappa shape index (κ1) is 32.4. The lowest BCUT2D eigenvalue weighted by Gasteiger charge is -2.45. The minimum absolute atomic E-state index is 0.0145. The topological polar surface area (TPSA) is 90.4 Å². The Morgan fingerprint density at radius 1 is 0.864 bits per heavy atom. The largest absolute Gasteiger partial charge is 0.396 e. The van der Waals surface area contributed by atoms with Crippen molar-refractivity contribution in [2.75, 3.05) is 31.1 Å². The van der Waals surface area contributed by atoms with Crippen LogP contribution in [0.3, 0.4) is 0 Å². The molecule has 44 heavy (non-hydrogen) atoms. The molecule has 5 atom stereocenters. The van der Waals surface area contributed by atoms with E-state index in [1.165, 1.54) is 0 Å². The Morgan fingerprint density at radius 2 is 1.55 bits per heavy atom. The Morgan fingerprint density at radius 3 is 2.20 bits per heavy atom. The van der Waals surface area contributed by atoms with Crippen LogP contribution in [0.2, 0.25) is 0 Å². The van der Waals surface area contributed by atoms with E-state index >= 15 is 0 Å². The average molecular weight is 606 g/mol. The lowest BCUT2D eigenvalue weighted by atomic mass is 9.72. The number of hydrogen-bond donors (Lipinski definition) is 1. The molecule has 0 aliphatic carbocycles. The number of hydrogen-bond acceptors (Lipinski definition) is 5. The molecule has 0 bridgehead atoms. The number of likely N-dealkylation sites (tertiary alicyclic amines) is 1. The van der Waals surface area contributed by atoms with E-state index in [9.17, 15) is 19.5 Å². The number of nitrogens with zero attached hydrogens (tertiary/aromatic N) is 3. The number of carbonyl (C=O) groups is 3. The van der Waals surface area contributed by atoms with E-state index in [0.717, 1.165) is 24.9 Å². The Balaban J connectivity index is 1.60. The number of aliphatic hydroxyl groups excluding tert-OH is 1. The lowest BCUT2D eigenvalue weighted by molar-refractivity contribution is -0.156. The number of benzene rings is 1. The number of aliphatic hydroxyl groups is 1. The molecule has 0 saturated carbocycles. The fraction of sp³-hybridized carbons (Fsp3) is 0.639. The van der Waals surface area contributed by atoms with Gasteiger partial charge in [-0.05, 0) is 57.1 Å². The monoisotopic (exact) mass is 605 g/mol. The molecule has 4 aliphatic rings. The molecule has 0 radical (unpaired) electrons. The van der Waals surface area contributed by atoms with Gasteiger partial charge in [0.2, 0.25) is 17.7 Å². The van der Waals surface area contributed by atoms with Crippen molar-refractivity contribution in [3.63, 3.8) is 0 Å². The molecule has 0 aromatic heterocycles. The first-order valence-corrected chi connectivity index (χ1v) is 16.5. The first-order valence-electron chi connectivity index (χ1n) is 16.5. The van der Waals surface area contributed by atoms with E-state index in [1.54, 1.807) is 9.80 Å². The van der Waals surface area contributed by atoms with Crippen LogP contribution in [0.5, 0.6) is 0 Å². The molecule has 1 aromatic carbocycles. The standard InChI is InChI=1S/C36H51N3O5/c1-7-35-19-15-22-37(26-17-11-10-12-18-26)30(41)27(35)28-31(42)38(21-13-8-9-14-24-40)29-32(43)39(23-16-20-36(28,29)44-35)34(5,6)25-33(2,3)4/h10-12,15-20,27-29,40H,7-9,13-14,21-25H2,1-6H3/t27-,28-,29?,35+,36-/m0/s1. The molecule has 240 valence electrons. The second-order valence-corrected chi connectivity index (χ2v) is 14.9. The van der Waals surface area contributed by atoms with E-state index in [4.69, 9.17) is 4.74 Å². The third-order valence-corrected chi connectivity index (χ3v) is 10.0. The van der Waals surface area contributed by atoms with Crippen molar-refractivity contribution in [1.29, 1.82) is 0 Å². The van der Waals surface area contributed by atoms with Crippen molar-refractivity contribution >= 4 is 23.4 Å². The van der Waals surface area contributed by atoms with Crippen LogP contribution in [-0.2, 0) is 19.1 Å².